The predicted octanol–water partition coefficient (Wildman–Crippen LogP) is 0.828. The summed E-state index contributed by atoms with van der Waals surface area (Å²) in [7, 11) is 0. The lowest BCUT2D eigenvalue weighted by molar-refractivity contribution is -0.137. The molecule has 0 spiro atoms. The Bertz CT molecular complexity index is 474. The van der Waals surface area contributed by atoms with Crippen LogP contribution in [0.1, 0.15) is 42.6 Å². The minimum Gasteiger partial charge on any atom is -0.480 e. The van der Waals surface area contributed by atoms with E-state index in [0.29, 0.717) is 0 Å². The third-order valence-corrected chi connectivity index (χ3v) is 3.71. The maximum absolute atomic E-state index is 10.8. The summed E-state index contributed by atoms with van der Waals surface area (Å²) in [4.78, 5) is 10.8. The van der Waals surface area contributed by atoms with E-state index in [4.69, 9.17) is 5.11 Å². The number of fused-ring (bicyclic) bond motifs is 1. The van der Waals surface area contributed by atoms with E-state index < -0.39 is 11.6 Å². The van der Waals surface area contributed by atoms with Crippen molar-refractivity contribution in [3.63, 3.8) is 0 Å². The minimum absolute atomic E-state index is 0.0988. The van der Waals surface area contributed by atoms with Crippen molar-refractivity contribution in [3.8, 4) is 0 Å². The fraction of sp³-hybridized carbons (Fsp3) is 0.667. The maximum Gasteiger partial charge on any atom is 0.325 e. The molecular weight excluding hydrogens is 220 g/mol. The van der Waals surface area contributed by atoms with E-state index in [0.717, 1.165) is 55.5 Å². The van der Waals surface area contributed by atoms with Crippen LogP contribution >= 0.6 is 0 Å². The van der Waals surface area contributed by atoms with Gasteiger partial charge in [-0.05, 0) is 44.1 Å². The smallest absolute Gasteiger partial charge is 0.325 e. The third-order valence-electron chi connectivity index (χ3n) is 3.71. The predicted molar refractivity (Wildman–Crippen MR) is 59.6 cm³/mol. The Morgan fingerprint density at radius 3 is 2.71 bits per heavy atom. The van der Waals surface area contributed by atoms with E-state index in [9.17, 15) is 9.90 Å². The molecule has 0 unspecified atom stereocenters. The van der Waals surface area contributed by atoms with Crippen LogP contribution < -0.4 is 0 Å². The van der Waals surface area contributed by atoms with Gasteiger partial charge in [0.25, 0.3) is 0 Å². The third kappa shape index (κ3) is 1.74. The lowest BCUT2D eigenvalue weighted by Crippen LogP contribution is -2.15. The lowest BCUT2D eigenvalue weighted by atomic mass is 9.93. The molecule has 0 radical (unpaired) electrons. The van der Waals surface area contributed by atoms with E-state index in [1.165, 1.54) is 0 Å². The number of aliphatic carboxylic acids is 1. The first-order valence-electron chi connectivity index (χ1n) is 6.13. The summed E-state index contributed by atoms with van der Waals surface area (Å²) in [5.41, 5.74) is 2.12. The molecule has 0 aromatic carbocycles. The van der Waals surface area contributed by atoms with Crippen LogP contribution in [0.5, 0.6) is 0 Å². The van der Waals surface area contributed by atoms with Gasteiger partial charge in [-0.3, -0.25) is 9.48 Å². The van der Waals surface area contributed by atoms with Crippen LogP contribution in [0.2, 0.25) is 0 Å². The van der Waals surface area contributed by atoms with Crippen LogP contribution in [-0.2, 0) is 29.8 Å². The largest absolute Gasteiger partial charge is 0.480 e. The van der Waals surface area contributed by atoms with Crippen molar-refractivity contribution in [1.82, 2.24) is 9.78 Å². The molecule has 0 saturated heterocycles. The van der Waals surface area contributed by atoms with Gasteiger partial charge in [-0.1, -0.05) is 0 Å². The van der Waals surface area contributed by atoms with E-state index in [-0.39, 0.29) is 6.54 Å². The summed E-state index contributed by atoms with van der Waals surface area (Å²) >= 11 is 0. The molecular formula is C12H16N2O3. The van der Waals surface area contributed by atoms with Crippen LogP contribution in [0.25, 0.3) is 0 Å². The summed E-state index contributed by atoms with van der Waals surface area (Å²) in [5.74, 6) is -0.879. The first-order chi connectivity index (χ1) is 8.10. The van der Waals surface area contributed by atoms with Gasteiger partial charge >= 0.3 is 5.97 Å². The van der Waals surface area contributed by atoms with Gasteiger partial charge in [-0.15, -0.1) is 0 Å². The number of nitrogens with zero attached hydrogens (tertiary/aromatic N) is 2. The van der Waals surface area contributed by atoms with Gasteiger partial charge in [0.05, 0.1) is 5.69 Å². The van der Waals surface area contributed by atoms with E-state index in [1.807, 2.05) is 0 Å². The molecule has 1 aromatic heterocycles. The highest BCUT2D eigenvalue weighted by Crippen LogP contribution is 2.47. The number of rotatable bonds is 3. The second-order valence-electron chi connectivity index (χ2n) is 5.06. The van der Waals surface area contributed by atoms with Crippen molar-refractivity contribution in [3.05, 3.63) is 17.0 Å². The summed E-state index contributed by atoms with van der Waals surface area (Å²) < 4.78 is 1.57. The molecule has 3 rings (SSSR count). The Labute approximate surface area is 99.1 Å². The average Bonchev–Trinajstić information content (AvgIpc) is 2.92. The SMILES string of the molecule is O=C(O)Cn1nc(C2(O)CC2)c2c1CCCC2. The summed E-state index contributed by atoms with van der Waals surface area (Å²) in [5, 5.41) is 23.4. The van der Waals surface area contributed by atoms with E-state index >= 15 is 0 Å². The zero-order valence-corrected chi connectivity index (χ0v) is 9.65. The first-order valence-corrected chi connectivity index (χ1v) is 6.13. The molecule has 2 N–H and O–H groups in total. The zero-order chi connectivity index (χ0) is 12.0. The molecule has 1 saturated carbocycles. The van der Waals surface area contributed by atoms with Gasteiger partial charge in [-0.25, -0.2) is 0 Å². The molecule has 0 atom stereocenters. The molecule has 0 amide bonds. The van der Waals surface area contributed by atoms with Crippen molar-refractivity contribution in [2.45, 2.75) is 50.7 Å². The van der Waals surface area contributed by atoms with Crippen molar-refractivity contribution in [2.75, 3.05) is 0 Å². The van der Waals surface area contributed by atoms with Crippen LogP contribution in [0.3, 0.4) is 0 Å². The highest BCUT2D eigenvalue weighted by atomic mass is 16.4. The van der Waals surface area contributed by atoms with Gasteiger partial charge < -0.3 is 10.2 Å². The number of hydrogen-bond donors (Lipinski definition) is 2. The Morgan fingerprint density at radius 2 is 2.06 bits per heavy atom. The molecule has 1 aromatic rings. The molecule has 0 aliphatic heterocycles. The highest BCUT2D eigenvalue weighted by Gasteiger charge is 2.47. The molecule has 0 bridgehead atoms. The quantitative estimate of drug-likeness (QED) is 0.815. The zero-order valence-electron chi connectivity index (χ0n) is 9.65. The topological polar surface area (TPSA) is 75.3 Å². The van der Waals surface area contributed by atoms with Gasteiger partial charge in [0, 0.05) is 5.69 Å². The molecule has 5 nitrogen and oxygen atoms in total. The van der Waals surface area contributed by atoms with Crippen molar-refractivity contribution in [2.24, 2.45) is 0 Å². The Hall–Kier alpha value is -1.36. The number of carboxylic acid groups (broad SMARTS) is 1. The number of hydrogen-bond acceptors (Lipinski definition) is 3. The molecule has 1 heterocycles. The standard InChI is InChI=1S/C12H16N2O3/c15-10(16)7-14-9-4-2-1-3-8(9)11(13-14)12(17)5-6-12/h17H,1-7H2,(H,15,16). The maximum atomic E-state index is 10.8. The number of carboxylic acids is 1. The second kappa shape index (κ2) is 3.57. The number of aliphatic hydroxyl groups is 1. The van der Waals surface area contributed by atoms with E-state index in [1.54, 1.807) is 4.68 Å². The Kier molecular flexibility index (Phi) is 2.26. The van der Waals surface area contributed by atoms with Crippen LogP contribution in [0, 0.1) is 0 Å². The number of aromatic nitrogens is 2. The van der Waals surface area contributed by atoms with Crippen LogP contribution in [-0.4, -0.2) is 26.0 Å². The fourth-order valence-electron chi connectivity index (χ4n) is 2.66. The van der Waals surface area contributed by atoms with Gasteiger partial charge in [0.1, 0.15) is 12.1 Å². The molecule has 2 aliphatic carbocycles. The average molecular weight is 236 g/mol. The Morgan fingerprint density at radius 1 is 1.35 bits per heavy atom. The fourth-order valence-corrected chi connectivity index (χ4v) is 2.66. The van der Waals surface area contributed by atoms with Gasteiger partial charge in [-0.2, -0.15) is 5.10 Å². The summed E-state index contributed by atoms with van der Waals surface area (Å²) in [6.45, 7) is -0.0988. The first kappa shape index (κ1) is 10.8. The number of carbonyl (C=O) groups is 1. The van der Waals surface area contributed by atoms with Crippen molar-refractivity contribution >= 4 is 5.97 Å². The normalized spacial score (nSPS) is 21.0. The molecule has 92 valence electrons. The molecule has 2 aliphatic rings. The lowest BCUT2D eigenvalue weighted by Gasteiger charge is -2.14. The van der Waals surface area contributed by atoms with Crippen LogP contribution in [0.4, 0.5) is 0 Å². The monoisotopic (exact) mass is 236 g/mol. The van der Waals surface area contributed by atoms with E-state index in [2.05, 4.69) is 5.10 Å². The van der Waals surface area contributed by atoms with Crippen molar-refractivity contribution in [1.29, 1.82) is 0 Å². The molecule has 1 fully saturated rings. The minimum atomic E-state index is -0.879. The van der Waals surface area contributed by atoms with Gasteiger partial charge in [0.2, 0.25) is 0 Å². The van der Waals surface area contributed by atoms with Crippen molar-refractivity contribution < 1.29 is 15.0 Å². The molecule has 5 heteroatoms. The summed E-state index contributed by atoms with van der Waals surface area (Å²) in [6.07, 6.45) is 5.50. The Balaban J connectivity index is 2.04. The van der Waals surface area contributed by atoms with Gasteiger partial charge in [0.15, 0.2) is 0 Å². The highest BCUT2D eigenvalue weighted by molar-refractivity contribution is 5.66. The second-order valence-corrected chi connectivity index (χ2v) is 5.06. The summed E-state index contributed by atoms with van der Waals surface area (Å²) in [6, 6.07) is 0. The molecule has 17 heavy (non-hydrogen) atoms. The van der Waals surface area contributed by atoms with Crippen LogP contribution in [0.15, 0.2) is 0 Å².